The number of rotatable bonds is 2. The Morgan fingerprint density at radius 1 is 1.19 bits per heavy atom. The van der Waals surface area contributed by atoms with Crippen molar-refractivity contribution in [3.8, 4) is 0 Å². The zero-order valence-electron chi connectivity index (χ0n) is 19.3. The van der Waals surface area contributed by atoms with Crippen LogP contribution < -0.4 is 5.32 Å². The highest BCUT2D eigenvalue weighted by molar-refractivity contribution is 5.98. The van der Waals surface area contributed by atoms with Crippen LogP contribution in [0, 0.1) is 0 Å². The Hall–Kier alpha value is -2.81. The molecule has 0 aliphatic carbocycles. The zero-order valence-corrected chi connectivity index (χ0v) is 19.3. The summed E-state index contributed by atoms with van der Waals surface area (Å²) in [6.45, 7) is 9.68. The van der Waals surface area contributed by atoms with Gasteiger partial charge >= 0.3 is 12.1 Å². The van der Waals surface area contributed by atoms with Crippen molar-refractivity contribution in [2.75, 3.05) is 51.8 Å². The van der Waals surface area contributed by atoms with Gasteiger partial charge in [0.05, 0.1) is 49.8 Å². The van der Waals surface area contributed by atoms with Gasteiger partial charge in [-0.2, -0.15) is 0 Å². The molecule has 174 valence electrons. The van der Waals surface area contributed by atoms with Gasteiger partial charge in [0.15, 0.2) is 0 Å². The van der Waals surface area contributed by atoms with Crippen LogP contribution in [0.1, 0.15) is 55.6 Å². The quantitative estimate of drug-likeness (QED) is 0.700. The summed E-state index contributed by atoms with van der Waals surface area (Å²) in [6.07, 6.45) is 1.28. The number of amidine groups is 1. The number of nitrogens with zero attached hydrogens (tertiary/aromatic N) is 3. The Morgan fingerprint density at radius 3 is 2.62 bits per heavy atom. The smallest absolute Gasteiger partial charge is 0.410 e. The first-order chi connectivity index (χ1) is 15.3. The van der Waals surface area contributed by atoms with E-state index in [1.54, 1.807) is 11.0 Å². The van der Waals surface area contributed by atoms with Crippen LogP contribution in [0.4, 0.5) is 16.2 Å². The Labute approximate surface area is 188 Å². The largest absolute Gasteiger partial charge is 0.465 e. The van der Waals surface area contributed by atoms with Crippen LogP contribution in [-0.4, -0.2) is 79.8 Å². The maximum atomic E-state index is 12.9. The van der Waals surface area contributed by atoms with Crippen LogP contribution in [0.25, 0.3) is 0 Å². The fourth-order valence-electron chi connectivity index (χ4n) is 4.38. The molecule has 4 rings (SSSR count). The molecule has 1 aromatic rings. The predicted octanol–water partition coefficient (Wildman–Crippen LogP) is 3.33. The van der Waals surface area contributed by atoms with Gasteiger partial charge in [-0.05, 0) is 45.7 Å². The highest BCUT2D eigenvalue weighted by atomic mass is 16.6. The summed E-state index contributed by atoms with van der Waals surface area (Å²) in [6, 6.07) is 3.36. The average Bonchev–Trinajstić information content (AvgIpc) is 3.27. The lowest BCUT2D eigenvalue weighted by Gasteiger charge is -2.34. The Bertz CT molecular complexity index is 918. The summed E-state index contributed by atoms with van der Waals surface area (Å²) < 4.78 is 16.1. The van der Waals surface area contributed by atoms with E-state index in [4.69, 9.17) is 19.2 Å². The number of hydrogen-bond acceptors (Lipinski definition) is 8. The van der Waals surface area contributed by atoms with Gasteiger partial charge in [0.25, 0.3) is 0 Å². The van der Waals surface area contributed by atoms with Gasteiger partial charge in [-0.1, -0.05) is 0 Å². The van der Waals surface area contributed by atoms with Crippen molar-refractivity contribution in [2.24, 2.45) is 4.99 Å². The molecule has 32 heavy (non-hydrogen) atoms. The molecule has 9 nitrogen and oxygen atoms in total. The first-order valence-electron chi connectivity index (χ1n) is 11.2. The molecular formula is C23H32N4O5. The van der Waals surface area contributed by atoms with Crippen LogP contribution >= 0.6 is 0 Å². The number of benzene rings is 1. The van der Waals surface area contributed by atoms with Crippen molar-refractivity contribution in [1.82, 2.24) is 9.80 Å². The van der Waals surface area contributed by atoms with Crippen LogP contribution in [0.3, 0.4) is 0 Å². The number of carbonyl (C=O) groups is 2. The lowest BCUT2D eigenvalue weighted by atomic mass is 9.97. The van der Waals surface area contributed by atoms with Gasteiger partial charge in [0.2, 0.25) is 0 Å². The van der Waals surface area contributed by atoms with Crippen LogP contribution in [0.5, 0.6) is 0 Å². The van der Waals surface area contributed by atoms with Crippen molar-refractivity contribution in [3.63, 3.8) is 0 Å². The third-order valence-electron chi connectivity index (χ3n) is 5.85. The molecule has 1 atom stereocenters. The number of carbonyl (C=O) groups excluding carboxylic acids is 2. The minimum absolute atomic E-state index is 0.224. The highest BCUT2D eigenvalue weighted by Gasteiger charge is 2.36. The summed E-state index contributed by atoms with van der Waals surface area (Å²) in [5.41, 5.74) is 2.24. The zero-order chi connectivity index (χ0) is 22.9. The molecule has 3 heterocycles. The van der Waals surface area contributed by atoms with Gasteiger partial charge in [-0.25, -0.2) is 14.6 Å². The SMILES string of the molecule is COC(=O)c1cc2c(c(C3CCCN3C(=O)OC(C)(C)C)c1)N=C(N1CCOCC1)CN2. The summed E-state index contributed by atoms with van der Waals surface area (Å²) >= 11 is 0. The van der Waals surface area contributed by atoms with E-state index in [2.05, 4.69) is 10.2 Å². The molecule has 3 aliphatic rings. The molecular weight excluding hydrogens is 412 g/mol. The second-order valence-electron chi connectivity index (χ2n) is 9.27. The Kier molecular flexibility index (Phi) is 6.28. The molecule has 2 saturated heterocycles. The van der Waals surface area contributed by atoms with Gasteiger partial charge in [0, 0.05) is 25.2 Å². The Balaban J connectivity index is 1.74. The minimum atomic E-state index is -0.583. The second-order valence-corrected chi connectivity index (χ2v) is 9.27. The number of esters is 1. The number of aliphatic imine (C=N–C) groups is 1. The van der Waals surface area contributed by atoms with Gasteiger partial charge in [-0.3, -0.25) is 0 Å². The van der Waals surface area contributed by atoms with Crippen LogP contribution in [-0.2, 0) is 14.2 Å². The molecule has 2 fully saturated rings. The average molecular weight is 445 g/mol. The van der Waals surface area contributed by atoms with E-state index in [0.717, 1.165) is 48.7 Å². The summed E-state index contributed by atoms with van der Waals surface area (Å²) in [5.74, 6) is 0.523. The van der Waals surface area contributed by atoms with E-state index in [1.807, 2.05) is 26.8 Å². The van der Waals surface area contributed by atoms with Crippen LogP contribution in [0.2, 0.25) is 0 Å². The number of methoxy groups -OCH3 is 1. The molecule has 1 amide bonds. The second kappa shape index (κ2) is 8.97. The number of ether oxygens (including phenoxy) is 3. The molecule has 0 aromatic heterocycles. The van der Waals surface area contributed by atoms with Crippen molar-refractivity contribution in [3.05, 3.63) is 23.3 Å². The molecule has 1 N–H and O–H groups in total. The van der Waals surface area contributed by atoms with Crippen molar-refractivity contribution < 1.29 is 23.8 Å². The topological polar surface area (TPSA) is 92.7 Å². The number of nitrogens with one attached hydrogen (secondary N) is 1. The van der Waals surface area contributed by atoms with E-state index in [9.17, 15) is 9.59 Å². The van der Waals surface area contributed by atoms with E-state index < -0.39 is 11.6 Å². The monoisotopic (exact) mass is 444 g/mol. The number of amides is 1. The Morgan fingerprint density at radius 2 is 1.94 bits per heavy atom. The summed E-state index contributed by atoms with van der Waals surface area (Å²) in [5, 5.41) is 3.42. The summed E-state index contributed by atoms with van der Waals surface area (Å²) in [7, 11) is 1.37. The number of likely N-dealkylation sites (tertiary alicyclic amines) is 1. The molecule has 9 heteroatoms. The fourth-order valence-corrected chi connectivity index (χ4v) is 4.38. The maximum absolute atomic E-state index is 12.9. The fraction of sp³-hybridized carbons (Fsp3) is 0.609. The molecule has 0 radical (unpaired) electrons. The van der Waals surface area contributed by atoms with Crippen molar-refractivity contribution >= 4 is 29.3 Å². The number of morpholine rings is 1. The van der Waals surface area contributed by atoms with Gasteiger partial charge in [-0.15, -0.1) is 0 Å². The van der Waals surface area contributed by atoms with Crippen molar-refractivity contribution in [1.29, 1.82) is 0 Å². The number of anilines is 1. The van der Waals surface area contributed by atoms with Gasteiger partial charge < -0.3 is 29.3 Å². The molecule has 0 spiro atoms. The predicted molar refractivity (Wildman–Crippen MR) is 121 cm³/mol. The van der Waals surface area contributed by atoms with Gasteiger partial charge in [0.1, 0.15) is 11.4 Å². The lowest BCUT2D eigenvalue weighted by Crippen LogP contribution is -2.44. The van der Waals surface area contributed by atoms with E-state index in [-0.39, 0.29) is 12.1 Å². The summed E-state index contributed by atoms with van der Waals surface area (Å²) in [4.78, 5) is 34.3. The molecule has 0 saturated carbocycles. The third-order valence-corrected chi connectivity index (χ3v) is 5.85. The standard InChI is InChI=1S/C23H32N4O5/c1-23(2,3)32-22(29)27-7-5-6-18(27)16-12-15(21(28)30-4)13-17-20(16)25-19(14-24-17)26-8-10-31-11-9-26/h12-13,18,24H,5-11,14H2,1-4H3. The number of hydrogen-bond donors (Lipinski definition) is 1. The van der Waals surface area contributed by atoms with E-state index in [1.165, 1.54) is 7.11 Å². The van der Waals surface area contributed by atoms with E-state index >= 15 is 0 Å². The van der Waals surface area contributed by atoms with Crippen LogP contribution in [0.15, 0.2) is 17.1 Å². The van der Waals surface area contributed by atoms with E-state index in [0.29, 0.717) is 31.9 Å². The molecule has 1 aromatic carbocycles. The normalized spacial score (nSPS) is 20.9. The molecule has 0 bridgehead atoms. The molecule has 3 aliphatic heterocycles. The molecule has 1 unspecified atom stereocenters. The first kappa shape index (κ1) is 22.4. The highest BCUT2D eigenvalue weighted by Crippen LogP contribution is 2.43. The third kappa shape index (κ3) is 4.67. The number of fused-ring (bicyclic) bond motifs is 1. The first-order valence-corrected chi connectivity index (χ1v) is 11.2. The lowest BCUT2D eigenvalue weighted by molar-refractivity contribution is 0.0225. The van der Waals surface area contributed by atoms with Crippen molar-refractivity contribution in [2.45, 2.75) is 45.3 Å². The maximum Gasteiger partial charge on any atom is 0.410 e. The minimum Gasteiger partial charge on any atom is -0.465 e.